The van der Waals surface area contributed by atoms with Crippen molar-refractivity contribution in [3.8, 4) is 5.75 Å². The summed E-state index contributed by atoms with van der Waals surface area (Å²) in [6, 6.07) is 12.3. The summed E-state index contributed by atoms with van der Waals surface area (Å²) in [6.45, 7) is 2.33. The van der Waals surface area contributed by atoms with E-state index in [0.29, 0.717) is 17.3 Å². The highest BCUT2D eigenvalue weighted by atomic mass is 79.9. The van der Waals surface area contributed by atoms with Gasteiger partial charge in [0.2, 0.25) is 0 Å². The van der Waals surface area contributed by atoms with E-state index in [1.165, 1.54) is 6.21 Å². The lowest BCUT2D eigenvalue weighted by atomic mass is 10.2. The second kappa shape index (κ2) is 9.30. The fraction of sp³-hybridized carbons (Fsp3) is 0.176. The molecule has 7 heteroatoms. The van der Waals surface area contributed by atoms with Crippen LogP contribution in [0.5, 0.6) is 5.75 Å². The van der Waals surface area contributed by atoms with Crippen LogP contribution in [0.2, 0.25) is 5.02 Å². The maximum absolute atomic E-state index is 11.7. The topological polar surface area (TPSA) is 59.9 Å². The monoisotopic (exact) mass is 410 g/mol. The summed E-state index contributed by atoms with van der Waals surface area (Å²) < 4.78 is 6.26. The Bertz CT molecular complexity index is 720. The highest BCUT2D eigenvalue weighted by Crippen LogP contribution is 2.25. The van der Waals surface area contributed by atoms with Crippen molar-refractivity contribution in [2.24, 2.45) is 5.16 Å². The van der Waals surface area contributed by atoms with Crippen LogP contribution in [0.15, 0.2) is 52.1 Å². The van der Waals surface area contributed by atoms with E-state index in [1.54, 1.807) is 24.3 Å². The van der Waals surface area contributed by atoms with Gasteiger partial charge in [-0.15, -0.1) is 0 Å². The van der Waals surface area contributed by atoms with E-state index in [0.717, 1.165) is 15.8 Å². The Hall–Kier alpha value is -2.05. The number of halogens is 2. The number of oxime groups is 1. The number of carbonyl (C=O) groups is 1. The molecule has 24 heavy (non-hydrogen) atoms. The zero-order valence-corrected chi connectivity index (χ0v) is 15.3. The normalized spacial score (nSPS) is 10.6. The fourth-order valence-corrected chi connectivity index (χ4v) is 2.43. The Kier molecular flexibility index (Phi) is 7.08. The lowest BCUT2D eigenvalue weighted by Crippen LogP contribution is -2.16. The molecule has 0 bridgehead atoms. The van der Waals surface area contributed by atoms with Crippen LogP contribution < -0.4 is 10.1 Å². The van der Waals surface area contributed by atoms with E-state index in [4.69, 9.17) is 21.2 Å². The summed E-state index contributed by atoms with van der Waals surface area (Å²) in [5.41, 5.74) is 1.47. The first-order valence-corrected chi connectivity index (χ1v) is 8.38. The van der Waals surface area contributed by atoms with Gasteiger partial charge >= 0.3 is 0 Å². The van der Waals surface area contributed by atoms with Crippen LogP contribution >= 0.6 is 27.5 Å². The van der Waals surface area contributed by atoms with Gasteiger partial charge in [0.1, 0.15) is 5.75 Å². The van der Waals surface area contributed by atoms with Gasteiger partial charge < -0.3 is 14.9 Å². The molecule has 0 radical (unpaired) electrons. The van der Waals surface area contributed by atoms with Crippen molar-refractivity contribution in [2.45, 2.75) is 6.92 Å². The van der Waals surface area contributed by atoms with Crippen LogP contribution in [-0.2, 0) is 9.63 Å². The molecule has 0 aromatic heterocycles. The Balaban J connectivity index is 1.80. The number of hydrogen-bond donors (Lipinski definition) is 1. The number of carbonyl (C=O) groups excluding carboxylic acids is 1. The molecule has 0 aliphatic heterocycles. The third-order valence-corrected chi connectivity index (χ3v) is 3.73. The zero-order chi connectivity index (χ0) is 17.4. The van der Waals surface area contributed by atoms with Crippen LogP contribution in [0.25, 0.3) is 0 Å². The third kappa shape index (κ3) is 5.86. The van der Waals surface area contributed by atoms with Crippen molar-refractivity contribution in [3.63, 3.8) is 0 Å². The number of hydrogen-bond acceptors (Lipinski definition) is 4. The summed E-state index contributed by atoms with van der Waals surface area (Å²) in [7, 11) is 0. The molecule has 0 fully saturated rings. The van der Waals surface area contributed by atoms with Gasteiger partial charge in [-0.3, -0.25) is 4.79 Å². The first-order valence-electron chi connectivity index (χ1n) is 7.21. The summed E-state index contributed by atoms with van der Waals surface area (Å²) in [4.78, 5) is 16.7. The SMILES string of the molecule is CCOc1ccc(C=NOCC(=O)Nc2ccc(Cl)cc2)cc1Br. The largest absolute Gasteiger partial charge is 0.493 e. The molecule has 0 aliphatic carbocycles. The van der Waals surface area contributed by atoms with Gasteiger partial charge in [-0.1, -0.05) is 16.8 Å². The number of ether oxygens (including phenoxy) is 1. The second-order valence-electron chi connectivity index (χ2n) is 4.69. The van der Waals surface area contributed by atoms with E-state index in [1.807, 2.05) is 25.1 Å². The minimum absolute atomic E-state index is 0.183. The molecule has 0 heterocycles. The molecule has 5 nitrogen and oxygen atoms in total. The number of amides is 1. The molecule has 2 aromatic carbocycles. The Morgan fingerprint density at radius 2 is 2.04 bits per heavy atom. The first kappa shape index (κ1) is 18.3. The molecule has 2 aromatic rings. The number of anilines is 1. The minimum Gasteiger partial charge on any atom is -0.493 e. The first-order chi connectivity index (χ1) is 11.6. The van der Waals surface area contributed by atoms with E-state index < -0.39 is 0 Å². The standard InChI is InChI=1S/C17H16BrClN2O3/c1-2-23-16-8-3-12(9-15(16)18)10-20-24-11-17(22)21-14-6-4-13(19)5-7-14/h3-10H,2,11H2,1H3,(H,21,22). The maximum atomic E-state index is 11.7. The predicted octanol–water partition coefficient (Wildman–Crippen LogP) is 4.49. The Morgan fingerprint density at radius 1 is 1.29 bits per heavy atom. The lowest BCUT2D eigenvalue weighted by molar-refractivity contribution is -0.120. The molecule has 2 rings (SSSR count). The van der Waals surface area contributed by atoms with Crippen molar-refractivity contribution in [2.75, 3.05) is 18.5 Å². The van der Waals surface area contributed by atoms with E-state index >= 15 is 0 Å². The average molecular weight is 412 g/mol. The molecule has 0 spiro atoms. The van der Waals surface area contributed by atoms with Gasteiger partial charge in [-0.2, -0.15) is 0 Å². The van der Waals surface area contributed by atoms with Crippen molar-refractivity contribution in [3.05, 3.63) is 57.5 Å². The molecule has 1 amide bonds. The van der Waals surface area contributed by atoms with Gasteiger partial charge in [0.05, 0.1) is 17.3 Å². The third-order valence-electron chi connectivity index (χ3n) is 2.86. The second-order valence-corrected chi connectivity index (χ2v) is 5.98. The van der Waals surface area contributed by atoms with Crippen LogP contribution in [0.1, 0.15) is 12.5 Å². The van der Waals surface area contributed by atoms with Crippen molar-refractivity contribution < 1.29 is 14.4 Å². The van der Waals surface area contributed by atoms with Gasteiger partial charge in [-0.05, 0) is 70.9 Å². The number of rotatable bonds is 7. The van der Waals surface area contributed by atoms with Crippen molar-refractivity contribution >= 4 is 45.3 Å². The van der Waals surface area contributed by atoms with E-state index in [2.05, 4.69) is 26.4 Å². The summed E-state index contributed by atoms with van der Waals surface area (Å²) in [5, 5.41) is 7.07. The summed E-state index contributed by atoms with van der Waals surface area (Å²) in [6.07, 6.45) is 1.52. The summed E-state index contributed by atoms with van der Waals surface area (Å²) >= 11 is 9.20. The van der Waals surface area contributed by atoms with Crippen LogP contribution in [0.3, 0.4) is 0 Å². The number of nitrogens with zero attached hydrogens (tertiary/aromatic N) is 1. The van der Waals surface area contributed by atoms with E-state index in [9.17, 15) is 4.79 Å². The molecule has 0 unspecified atom stereocenters. The predicted molar refractivity (Wildman–Crippen MR) is 98.9 cm³/mol. The van der Waals surface area contributed by atoms with Gasteiger partial charge in [0, 0.05) is 10.7 Å². The van der Waals surface area contributed by atoms with Gasteiger partial charge in [0.15, 0.2) is 6.61 Å². The smallest absolute Gasteiger partial charge is 0.265 e. The number of nitrogens with one attached hydrogen (secondary N) is 1. The van der Waals surface area contributed by atoms with Crippen LogP contribution in [0.4, 0.5) is 5.69 Å². The molecule has 0 saturated carbocycles. The molecule has 0 aliphatic rings. The van der Waals surface area contributed by atoms with Gasteiger partial charge in [0.25, 0.3) is 5.91 Å². The number of benzene rings is 2. The molecule has 1 N–H and O–H groups in total. The molecular formula is C17H16BrClN2O3. The minimum atomic E-state index is -0.303. The van der Waals surface area contributed by atoms with Crippen molar-refractivity contribution in [1.82, 2.24) is 0 Å². The van der Waals surface area contributed by atoms with E-state index in [-0.39, 0.29) is 12.5 Å². The average Bonchev–Trinajstić information content (AvgIpc) is 2.56. The highest BCUT2D eigenvalue weighted by Gasteiger charge is 2.03. The van der Waals surface area contributed by atoms with Gasteiger partial charge in [-0.25, -0.2) is 0 Å². The molecule has 0 saturated heterocycles. The Morgan fingerprint density at radius 3 is 2.71 bits per heavy atom. The molecular weight excluding hydrogens is 396 g/mol. The summed E-state index contributed by atoms with van der Waals surface area (Å²) in [5.74, 6) is 0.459. The lowest BCUT2D eigenvalue weighted by Gasteiger charge is -2.06. The highest BCUT2D eigenvalue weighted by molar-refractivity contribution is 9.10. The fourth-order valence-electron chi connectivity index (χ4n) is 1.79. The van der Waals surface area contributed by atoms with Crippen molar-refractivity contribution in [1.29, 1.82) is 0 Å². The molecule has 126 valence electrons. The zero-order valence-electron chi connectivity index (χ0n) is 13.0. The maximum Gasteiger partial charge on any atom is 0.265 e. The molecule has 0 atom stereocenters. The Labute approximate surface area is 153 Å². The quantitative estimate of drug-likeness (QED) is 0.539. The van der Waals surface area contributed by atoms with Crippen LogP contribution in [-0.4, -0.2) is 25.3 Å². The van der Waals surface area contributed by atoms with Crippen LogP contribution in [0, 0.1) is 0 Å².